The summed E-state index contributed by atoms with van der Waals surface area (Å²) in [6.45, 7) is 1.11. The van der Waals surface area contributed by atoms with Crippen LogP contribution in [-0.4, -0.2) is 51.4 Å². The van der Waals surface area contributed by atoms with E-state index < -0.39 is 40.3 Å². The van der Waals surface area contributed by atoms with Crippen molar-refractivity contribution in [1.82, 2.24) is 9.62 Å². The average Bonchev–Trinajstić information content (AvgIpc) is 2.99. The number of carbonyl (C=O) groups excluding carboxylic acids is 3. The van der Waals surface area contributed by atoms with Gasteiger partial charge in [0, 0.05) is 24.3 Å². The summed E-state index contributed by atoms with van der Waals surface area (Å²) < 4.78 is 14.3. The molecular weight excluding hydrogens is 566 g/mol. The van der Waals surface area contributed by atoms with Gasteiger partial charge in [0.1, 0.15) is 28.6 Å². The Hall–Kier alpha value is -4.13. The molecule has 2 aliphatic rings. The smallest absolute Gasteiger partial charge is 0.356 e. The summed E-state index contributed by atoms with van der Waals surface area (Å²) in [6.07, 6.45) is -0.736. The van der Waals surface area contributed by atoms with Crippen molar-refractivity contribution in [2.45, 2.75) is 29.3 Å². The van der Waals surface area contributed by atoms with Crippen LogP contribution in [0, 0.1) is 10.1 Å². The number of thioether (sulfide) groups is 1. The van der Waals surface area contributed by atoms with Crippen molar-refractivity contribution in [3.63, 3.8) is 0 Å². The minimum Gasteiger partial charge on any atom is -0.461 e. The Bertz CT molecular complexity index is 1460. The summed E-state index contributed by atoms with van der Waals surface area (Å²) >= 11 is 2.40. The van der Waals surface area contributed by atoms with Crippen molar-refractivity contribution in [3.05, 3.63) is 117 Å². The number of carbonyl (C=O) groups is 3. The first-order chi connectivity index (χ1) is 19.8. The molecule has 1 saturated heterocycles. The molecule has 1 amide bonds. The highest BCUT2D eigenvalue weighted by atomic mass is 32.2. The Morgan fingerprint density at radius 2 is 1.66 bits per heavy atom. The number of β-lactam (4-membered cyclic amide) rings is 1. The molecule has 0 aliphatic carbocycles. The lowest BCUT2D eigenvalue weighted by molar-refractivity contribution is -0.387. The van der Waals surface area contributed by atoms with Gasteiger partial charge >= 0.3 is 11.9 Å². The minimum atomic E-state index is -0.736. The molecule has 1 N–H and O–H groups in total. The van der Waals surface area contributed by atoms with Gasteiger partial charge in [0.2, 0.25) is 5.91 Å². The summed E-state index contributed by atoms with van der Waals surface area (Å²) in [6, 6.07) is 24.1. The van der Waals surface area contributed by atoms with Crippen LogP contribution >= 0.6 is 23.7 Å². The first kappa shape index (κ1) is 28.4. The van der Waals surface area contributed by atoms with E-state index in [1.807, 2.05) is 60.7 Å². The molecule has 2 atom stereocenters. The molecule has 0 radical (unpaired) electrons. The van der Waals surface area contributed by atoms with Gasteiger partial charge in [0.05, 0.1) is 4.92 Å². The summed E-state index contributed by atoms with van der Waals surface area (Å²) in [7, 11) is 0. The molecule has 0 spiro atoms. The van der Waals surface area contributed by atoms with Crippen LogP contribution in [0.5, 0.6) is 0 Å². The lowest BCUT2D eigenvalue weighted by Gasteiger charge is -2.49. The largest absolute Gasteiger partial charge is 0.461 e. The van der Waals surface area contributed by atoms with Crippen molar-refractivity contribution in [2.75, 3.05) is 12.4 Å². The van der Waals surface area contributed by atoms with Crippen LogP contribution in [-0.2, 0) is 23.9 Å². The van der Waals surface area contributed by atoms with Gasteiger partial charge in [-0.1, -0.05) is 72.8 Å². The summed E-state index contributed by atoms with van der Waals surface area (Å²) in [4.78, 5) is 51.4. The topological polar surface area (TPSA) is 128 Å². The second kappa shape index (κ2) is 12.6. The first-order valence-corrected chi connectivity index (χ1v) is 14.5. The third-order valence-electron chi connectivity index (χ3n) is 6.48. The highest BCUT2D eigenvalue weighted by Gasteiger charge is 2.54. The van der Waals surface area contributed by atoms with Gasteiger partial charge < -0.3 is 9.47 Å². The molecule has 3 aromatic carbocycles. The number of nitrogens with one attached hydrogen (secondary N) is 1. The van der Waals surface area contributed by atoms with Crippen molar-refractivity contribution in [3.8, 4) is 0 Å². The Morgan fingerprint density at radius 1 is 1.05 bits per heavy atom. The number of amides is 1. The second-order valence-electron chi connectivity index (χ2n) is 9.17. The van der Waals surface area contributed by atoms with Crippen molar-refractivity contribution >= 4 is 47.2 Å². The fourth-order valence-corrected chi connectivity index (χ4v) is 6.81. The number of esters is 2. The van der Waals surface area contributed by atoms with Crippen LogP contribution < -0.4 is 4.72 Å². The number of benzene rings is 3. The van der Waals surface area contributed by atoms with Crippen LogP contribution in [0.1, 0.15) is 24.2 Å². The van der Waals surface area contributed by atoms with Crippen molar-refractivity contribution in [2.24, 2.45) is 0 Å². The normalized spacial score (nSPS) is 18.0. The Balaban J connectivity index is 1.40. The molecule has 1 fully saturated rings. The van der Waals surface area contributed by atoms with Gasteiger partial charge in [-0.15, -0.1) is 11.8 Å². The van der Waals surface area contributed by atoms with Crippen molar-refractivity contribution < 1.29 is 28.8 Å². The van der Waals surface area contributed by atoms with Gasteiger partial charge in [-0.25, -0.2) is 9.52 Å². The molecule has 0 saturated carbocycles. The fraction of sp³-hybridized carbons (Fsp3) is 0.207. The Kier molecular flexibility index (Phi) is 8.72. The lowest BCUT2D eigenvalue weighted by atomic mass is 10.0. The third kappa shape index (κ3) is 6.14. The molecule has 2 aliphatic heterocycles. The van der Waals surface area contributed by atoms with E-state index in [-0.39, 0.29) is 18.0 Å². The van der Waals surface area contributed by atoms with Crippen LogP contribution in [0.2, 0.25) is 0 Å². The van der Waals surface area contributed by atoms with E-state index in [4.69, 9.17) is 9.47 Å². The highest BCUT2D eigenvalue weighted by Crippen LogP contribution is 2.43. The molecule has 41 heavy (non-hydrogen) atoms. The molecule has 2 heterocycles. The average molecular weight is 592 g/mol. The number of hydrogen-bond acceptors (Lipinski definition) is 10. The molecule has 5 rings (SSSR count). The predicted molar refractivity (Wildman–Crippen MR) is 153 cm³/mol. The van der Waals surface area contributed by atoms with E-state index in [1.165, 1.54) is 29.7 Å². The molecule has 0 unspecified atom stereocenters. The highest BCUT2D eigenvalue weighted by molar-refractivity contribution is 8.00. The van der Waals surface area contributed by atoms with E-state index in [9.17, 15) is 24.5 Å². The lowest BCUT2D eigenvalue weighted by Crippen LogP contribution is -2.69. The zero-order valence-electron chi connectivity index (χ0n) is 21.8. The van der Waals surface area contributed by atoms with Gasteiger partial charge in [0.25, 0.3) is 5.69 Å². The maximum atomic E-state index is 13.8. The second-order valence-corrected chi connectivity index (χ2v) is 11.2. The Labute approximate surface area is 244 Å². The molecule has 10 nitrogen and oxygen atoms in total. The number of nitro benzene ring substituents is 1. The molecule has 12 heteroatoms. The van der Waals surface area contributed by atoms with Gasteiger partial charge in [-0.2, -0.15) is 0 Å². The molecular formula is C29H25N3O7S2. The van der Waals surface area contributed by atoms with Gasteiger partial charge in [-0.3, -0.25) is 24.6 Å². The summed E-state index contributed by atoms with van der Waals surface area (Å²) in [5.74, 6) is -1.30. The predicted octanol–water partition coefficient (Wildman–Crippen LogP) is 4.63. The molecule has 3 aromatic rings. The first-order valence-electron chi connectivity index (χ1n) is 12.6. The number of ether oxygens (including phenoxy) is 2. The number of para-hydroxylation sites is 1. The van der Waals surface area contributed by atoms with E-state index in [0.29, 0.717) is 16.2 Å². The molecule has 210 valence electrons. The fourth-order valence-electron chi connectivity index (χ4n) is 4.52. The van der Waals surface area contributed by atoms with Gasteiger partial charge in [0.15, 0.2) is 6.10 Å². The van der Waals surface area contributed by atoms with E-state index in [1.54, 1.807) is 18.2 Å². The van der Waals surface area contributed by atoms with E-state index in [0.717, 1.165) is 23.1 Å². The van der Waals surface area contributed by atoms with E-state index in [2.05, 4.69) is 4.72 Å². The van der Waals surface area contributed by atoms with Crippen LogP contribution in [0.15, 0.2) is 101 Å². The SMILES string of the molecule is CC(=O)OCC1=C(C(=O)OC(c2ccccc2)c2ccccc2)N2C(=O)[C@@H](NSc3ccccc3[N+](=O)[O-])[C@H]2SC1. The third-order valence-corrected chi connectivity index (χ3v) is 8.75. The number of nitrogens with zero attached hydrogens (tertiary/aromatic N) is 2. The Morgan fingerprint density at radius 3 is 2.27 bits per heavy atom. The standard InChI is InChI=1S/C29H25N3O7S2/c1-18(33)38-16-21-17-40-28-24(30-41-23-15-9-8-14-22(23)32(36)37)27(34)31(28)25(21)29(35)39-26(19-10-4-2-5-11-19)20-12-6-3-7-13-20/h2-15,24,26,28,30H,16-17H2,1H3/t24-,28-/m1/s1. The minimum absolute atomic E-state index is 0.0469. The number of hydrogen-bond donors (Lipinski definition) is 1. The van der Waals surface area contributed by atoms with Crippen LogP contribution in [0.4, 0.5) is 5.69 Å². The number of fused-ring (bicyclic) bond motifs is 1. The maximum absolute atomic E-state index is 13.8. The van der Waals surface area contributed by atoms with Gasteiger partial charge in [-0.05, 0) is 29.1 Å². The maximum Gasteiger partial charge on any atom is 0.356 e. The summed E-state index contributed by atoms with van der Waals surface area (Å²) in [5, 5.41) is 10.9. The quantitative estimate of drug-likeness (QED) is 0.117. The number of nitro groups is 1. The summed E-state index contributed by atoms with van der Waals surface area (Å²) in [5.41, 5.74) is 1.94. The number of rotatable bonds is 10. The zero-order chi connectivity index (χ0) is 28.9. The zero-order valence-corrected chi connectivity index (χ0v) is 23.4. The molecule has 0 aromatic heterocycles. The monoisotopic (exact) mass is 591 g/mol. The van der Waals surface area contributed by atoms with E-state index >= 15 is 0 Å². The van der Waals surface area contributed by atoms with Crippen LogP contribution in [0.25, 0.3) is 0 Å². The van der Waals surface area contributed by atoms with Crippen molar-refractivity contribution in [1.29, 1.82) is 0 Å². The molecule has 0 bridgehead atoms. The van der Waals surface area contributed by atoms with Crippen LogP contribution in [0.3, 0.4) is 0 Å².